The molecule has 2 aliphatic rings. The van der Waals surface area contributed by atoms with Crippen molar-refractivity contribution >= 4 is 34.9 Å². The van der Waals surface area contributed by atoms with Crippen LogP contribution in [0, 0.1) is 5.92 Å². The number of fused-ring (bicyclic) bond motifs is 1. The number of hydrogen-bond donors (Lipinski definition) is 0. The van der Waals surface area contributed by atoms with E-state index in [1.165, 1.54) is 32.1 Å². The fourth-order valence-electron chi connectivity index (χ4n) is 3.30. The normalized spacial score (nSPS) is 25.4. The first kappa shape index (κ1) is 17.2. The van der Waals surface area contributed by atoms with Gasteiger partial charge in [-0.2, -0.15) is 0 Å². The van der Waals surface area contributed by atoms with Crippen molar-refractivity contribution < 1.29 is 23.8 Å². The molecule has 7 heteroatoms. The molecular weight excluding hydrogens is 352 g/mol. The lowest BCUT2D eigenvalue weighted by molar-refractivity contribution is -0.117. The second kappa shape index (κ2) is 6.01. The van der Waals surface area contributed by atoms with Crippen molar-refractivity contribution in [2.45, 2.75) is 18.9 Å². The number of benzene rings is 1. The maximum atomic E-state index is 13.3. The number of carbonyl (C=O) groups excluding carboxylic acids is 2. The van der Waals surface area contributed by atoms with Gasteiger partial charge in [0.25, 0.3) is 0 Å². The van der Waals surface area contributed by atoms with Crippen LogP contribution in [0.3, 0.4) is 0 Å². The Balaban J connectivity index is 2.26. The third-order valence-corrected chi connectivity index (χ3v) is 5.72. The molecule has 0 amide bonds. The van der Waals surface area contributed by atoms with E-state index in [4.69, 9.17) is 25.8 Å². The molecular formula is C17H17ClO5S. The van der Waals surface area contributed by atoms with E-state index in [0.29, 0.717) is 22.0 Å². The summed E-state index contributed by atoms with van der Waals surface area (Å²) in [6.07, 6.45) is 3.55. The van der Waals surface area contributed by atoms with Crippen molar-refractivity contribution in [1.82, 2.24) is 0 Å². The van der Waals surface area contributed by atoms with Crippen molar-refractivity contribution in [2.75, 3.05) is 20.5 Å². The zero-order valence-electron chi connectivity index (χ0n) is 13.8. The predicted molar refractivity (Wildman–Crippen MR) is 92.6 cm³/mol. The summed E-state index contributed by atoms with van der Waals surface area (Å²) in [5, 5.41) is 0.225. The molecule has 0 saturated heterocycles. The number of ether oxygens (including phenoxy) is 3. The van der Waals surface area contributed by atoms with Gasteiger partial charge in [-0.1, -0.05) is 18.5 Å². The summed E-state index contributed by atoms with van der Waals surface area (Å²) in [4.78, 5) is 25.8. The molecule has 5 nitrogen and oxygen atoms in total. The quantitative estimate of drug-likeness (QED) is 0.813. The molecule has 0 saturated carbocycles. The molecule has 0 unspecified atom stereocenters. The van der Waals surface area contributed by atoms with Gasteiger partial charge in [-0.15, -0.1) is 11.8 Å². The number of ketones is 2. The second-order valence-corrected chi connectivity index (χ2v) is 6.98. The smallest absolute Gasteiger partial charge is 0.219 e. The molecule has 2 atom stereocenters. The number of thioether (sulfide) groups is 1. The Morgan fingerprint density at radius 1 is 1.29 bits per heavy atom. The fraction of sp³-hybridized carbons (Fsp3) is 0.412. The number of allylic oxidation sites excluding steroid dienone is 1. The van der Waals surface area contributed by atoms with Gasteiger partial charge in [-0.25, -0.2) is 0 Å². The van der Waals surface area contributed by atoms with Gasteiger partial charge in [0.05, 0.1) is 14.2 Å². The predicted octanol–water partition coefficient (Wildman–Crippen LogP) is 3.53. The largest absolute Gasteiger partial charge is 0.496 e. The van der Waals surface area contributed by atoms with Gasteiger partial charge >= 0.3 is 0 Å². The standard InChI is InChI=1S/C17H17ClO5S/c1-8-5-9(19)6-12(24-4)17(8)16(20)13-10(21-2)7-11(22-3)14(18)15(13)23-17/h6-8H,5H2,1-4H3/t8-,17+/m1/s1. The van der Waals surface area contributed by atoms with Gasteiger partial charge in [0.15, 0.2) is 11.5 Å². The van der Waals surface area contributed by atoms with E-state index in [2.05, 4.69) is 0 Å². The van der Waals surface area contributed by atoms with E-state index in [9.17, 15) is 9.59 Å². The molecule has 1 aliphatic carbocycles. The first-order valence-electron chi connectivity index (χ1n) is 7.38. The molecule has 1 heterocycles. The van der Waals surface area contributed by atoms with E-state index in [1.807, 2.05) is 13.2 Å². The molecule has 24 heavy (non-hydrogen) atoms. The molecule has 128 valence electrons. The topological polar surface area (TPSA) is 61.8 Å². The van der Waals surface area contributed by atoms with Gasteiger partial charge in [0.1, 0.15) is 22.1 Å². The van der Waals surface area contributed by atoms with Gasteiger partial charge in [0.2, 0.25) is 11.4 Å². The number of hydrogen-bond acceptors (Lipinski definition) is 6. The van der Waals surface area contributed by atoms with Gasteiger partial charge < -0.3 is 14.2 Å². The molecule has 0 N–H and O–H groups in total. The zero-order valence-corrected chi connectivity index (χ0v) is 15.3. The van der Waals surface area contributed by atoms with Crippen LogP contribution in [0.4, 0.5) is 0 Å². The first-order chi connectivity index (χ1) is 11.4. The van der Waals surface area contributed by atoms with Crippen molar-refractivity contribution in [2.24, 2.45) is 5.92 Å². The molecule has 1 aromatic carbocycles. The Bertz CT molecular complexity index is 773. The van der Waals surface area contributed by atoms with Crippen LogP contribution < -0.4 is 14.2 Å². The Morgan fingerprint density at radius 2 is 1.96 bits per heavy atom. The van der Waals surface area contributed by atoms with Crippen LogP contribution in [-0.2, 0) is 4.79 Å². The van der Waals surface area contributed by atoms with Crippen molar-refractivity contribution in [1.29, 1.82) is 0 Å². The minimum atomic E-state index is -1.24. The van der Waals surface area contributed by atoms with Crippen LogP contribution in [0.5, 0.6) is 17.2 Å². The molecule has 0 aromatic heterocycles. The zero-order chi connectivity index (χ0) is 17.6. The summed E-state index contributed by atoms with van der Waals surface area (Å²) in [5.74, 6) is 0.395. The van der Waals surface area contributed by atoms with Gasteiger partial charge in [0, 0.05) is 23.3 Å². The van der Waals surface area contributed by atoms with Gasteiger partial charge in [-0.3, -0.25) is 9.59 Å². The number of halogens is 1. The molecule has 0 radical (unpaired) electrons. The van der Waals surface area contributed by atoms with Crippen molar-refractivity contribution in [3.8, 4) is 17.2 Å². The van der Waals surface area contributed by atoms with E-state index < -0.39 is 5.60 Å². The van der Waals surface area contributed by atoms with Crippen LogP contribution in [0.1, 0.15) is 23.7 Å². The van der Waals surface area contributed by atoms with Crippen molar-refractivity contribution in [3.63, 3.8) is 0 Å². The van der Waals surface area contributed by atoms with Crippen LogP contribution >= 0.6 is 23.4 Å². The van der Waals surface area contributed by atoms with E-state index >= 15 is 0 Å². The SMILES string of the molecule is COc1cc(OC)c2c(c1Cl)O[C@]1(C2=O)C(SC)=CC(=O)C[C@H]1C. The summed E-state index contributed by atoms with van der Waals surface area (Å²) < 4.78 is 16.7. The first-order valence-corrected chi connectivity index (χ1v) is 8.98. The lowest BCUT2D eigenvalue weighted by atomic mass is 9.77. The highest BCUT2D eigenvalue weighted by atomic mass is 35.5. The minimum Gasteiger partial charge on any atom is -0.496 e. The highest BCUT2D eigenvalue weighted by Gasteiger charge is 2.58. The highest BCUT2D eigenvalue weighted by Crippen LogP contribution is 2.55. The van der Waals surface area contributed by atoms with Crippen molar-refractivity contribution in [3.05, 3.63) is 27.6 Å². The summed E-state index contributed by atoms with van der Waals surface area (Å²) in [5.41, 5.74) is -0.941. The van der Waals surface area contributed by atoms with E-state index in [1.54, 1.807) is 6.07 Å². The monoisotopic (exact) mass is 368 g/mol. The lowest BCUT2D eigenvalue weighted by Crippen LogP contribution is -2.50. The molecule has 1 spiro atoms. The number of rotatable bonds is 3. The minimum absolute atomic E-state index is 0.0135. The summed E-state index contributed by atoms with van der Waals surface area (Å²) in [6.45, 7) is 1.84. The van der Waals surface area contributed by atoms with Crippen LogP contribution in [0.25, 0.3) is 0 Å². The third-order valence-electron chi connectivity index (χ3n) is 4.50. The van der Waals surface area contributed by atoms with E-state index in [-0.39, 0.29) is 34.7 Å². The summed E-state index contributed by atoms with van der Waals surface area (Å²) in [7, 11) is 2.95. The molecule has 1 aliphatic heterocycles. The maximum absolute atomic E-state index is 13.3. The maximum Gasteiger partial charge on any atom is 0.219 e. The molecule has 0 fully saturated rings. The van der Waals surface area contributed by atoms with Crippen LogP contribution in [0.15, 0.2) is 17.0 Å². The number of carbonyl (C=O) groups is 2. The Hall–Kier alpha value is -1.66. The average Bonchev–Trinajstić information content (AvgIpc) is 2.87. The molecule has 0 bridgehead atoms. The summed E-state index contributed by atoms with van der Waals surface area (Å²) in [6, 6.07) is 1.57. The Morgan fingerprint density at radius 3 is 2.54 bits per heavy atom. The van der Waals surface area contributed by atoms with Crippen LogP contribution in [0.2, 0.25) is 5.02 Å². The second-order valence-electron chi connectivity index (χ2n) is 5.75. The van der Waals surface area contributed by atoms with Crippen LogP contribution in [-0.4, -0.2) is 37.6 Å². The molecule has 3 rings (SSSR count). The number of methoxy groups -OCH3 is 2. The highest BCUT2D eigenvalue weighted by molar-refractivity contribution is 8.02. The Labute approximate surface area is 149 Å². The third kappa shape index (κ3) is 2.16. The molecule has 1 aromatic rings. The van der Waals surface area contributed by atoms with E-state index in [0.717, 1.165) is 0 Å². The lowest BCUT2D eigenvalue weighted by Gasteiger charge is -2.37. The fourth-order valence-corrected chi connectivity index (χ4v) is 4.45. The van der Waals surface area contributed by atoms with Gasteiger partial charge in [-0.05, 0) is 12.3 Å². The Kier molecular flexibility index (Phi) is 4.30. The number of Topliss-reactive ketones (excluding diaryl/α,β-unsaturated/α-hetero) is 1. The summed E-state index contributed by atoms with van der Waals surface area (Å²) >= 11 is 7.70. The average molecular weight is 369 g/mol.